The zero-order valence-corrected chi connectivity index (χ0v) is 14.7. The first-order valence-corrected chi connectivity index (χ1v) is 8.94. The molecule has 5 nitrogen and oxygen atoms in total. The minimum absolute atomic E-state index is 0.0390. The first kappa shape index (κ1) is 16.5. The van der Waals surface area contributed by atoms with E-state index >= 15 is 0 Å². The van der Waals surface area contributed by atoms with Gasteiger partial charge in [-0.25, -0.2) is 5.10 Å². The minimum atomic E-state index is -0.236. The van der Waals surface area contributed by atoms with Gasteiger partial charge in [-0.2, -0.15) is 5.10 Å². The van der Waals surface area contributed by atoms with Gasteiger partial charge in [-0.3, -0.25) is 9.59 Å². The summed E-state index contributed by atoms with van der Waals surface area (Å²) in [7, 11) is 0. The number of aromatic amines is 1. The van der Waals surface area contributed by atoms with E-state index in [9.17, 15) is 9.59 Å². The predicted molar refractivity (Wildman–Crippen MR) is 101 cm³/mol. The Morgan fingerprint density at radius 3 is 2.54 bits per heavy atom. The van der Waals surface area contributed by atoms with Gasteiger partial charge in [-0.1, -0.05) is 48.0 Å². The van der Waals surface area contributed by atoms with Gasteiger partial charge in [0.1, 0.15) is 0 Å². The van der Waals surface area contributed by atoms with Gasteiger partial charge in [0, 0.05) is 5.39 Å². The van der Waals surface area contributed by atoms with Gasteiger partial charge < -0.3 is 5.32 Å². The molecular weight excluding hydrogens is 326 g/mol. The lowest BCUT2D eigenvalue weighted by atomic mass is 10.0. The van der Waals surface area contributed by atoms with Crippen LogP contribution in [0.4, 0.5) is 0 Å². The number of hydrogen-bond acceptors (Lipinski definition) is 3. The lowest BCUT2D eigenvalue weighted by Gasteiger charge is -2.19. The molecule has 5 heteroatoms. The molecule has 1 fully saturated rings. The number of aryl methyl sites for hydroxylation is 1. The summed E-state index contributed by atoms with van der Waals surface area (Å²) in [5, 5.41) is 11.0. The molecule has 2 N–H and O–H groups in total. The Balaban J connectivity index is 1.56. The second kappa shape index (κ2) is 6.75. The summed E-state index contributed by atoms with van der Waals surface area (Å²) in [6.45, 7) is 2.06. The maximum atomic E-state index is 12.7. The molecule has 0 aliphatic heterocycles. The van der Waals surface area contributed by atoms with Crippen LogP contribution in [-0.4, -0.2) is 16.1 Å². The third kappa shape index (κ3) is 3.38. The average molecular weight is 347 g/mol. The number of carbonyl (C=O) groups excluding carboxylic acids is 1. The number of benzene rings is 2. The summed E-state index contributed by atoms with van der Waals surface area (Å²) < 4.78 is 0. The highest BCUT2D eigenvalue weighted by Gasteiger charge is 2.33. The number of aromatic nitrogens is 2. The number of fused-ring (bicyclic) bond motifs is 1. The second-order valence-electron chi connectivity index (χ2n) is 7.02. The Hall–Kier alpha value is -2.95. The number of hydrogen-bond donors (Lipinski definition) is 2. The van der Waals surface area contributed by atoms with E-state index in [-0.39, 0.29) is 23.9 Å². The second-order valence-corrected chi connectivity index (χ2v) is 7.02. The van der Waals surface area contributed by atoms with Gasteiger partial charge >= 0.3 is 0 Å². The van der Waals surface area contributed by atoms with E-state index in [2.05, 4.69) is 46.7 Å². The average Bonchev–Trinajstić information content (AvgIpc) is 3.48. The largest absolute Gasteiger partial charge is 0.349 e. The zero-order chi connectivity index (χ0) is 18.1. The molecule has 1 aliphatic rings. The lowest BCUT2D eigenvalue weighted by Crippen LogP contribution is -2.31. The highest BCUT2D eigenvalue weighted by atomic mass is 16.1. The van der Waals surface area contributed by atoms with E-state index in [0.717, 1.165) is 23.8 Å². The van der Waals surface area contributed by atoms with E-state index in [0.29, 0.717) is 17.0 Å². The van der Waals surface area contributed by atoms with Crippen molar-refractivity contribution in [1.82, 2.24) is 15.5 Å². The van der Waals surface area contributed by atoms with Crippen molar-refractivity contribution < 1.29 is 4.79 Å². The number of amides is 1. The maximum absolute atomic E-state index is 12.7. The Kier molecular flexibility index (Phi) is 4.29. The molecule has 1 saturated carbocycles. The molecule has 1 amide bonds. The maximum Gasteiger partial charge on any atom is 0.272 e. The Bertz CT molecular complexity index is 1000. The molecule has 1 atom stereocenters. The van der Waals surface area contributed by atoms with Crippen LogP contribution in [0, 0.1) is 12.8 Å². The fraction of sp³-hybridized carbons (Fsp3) is 0.286. The Morgan fingerprint density at radius 1 is 1.15 bits per heavy atom. The monoisotopic (exact) mass is 347 g/mol. The Morgan fingerprint density at radius 2 is 1.85 bits per heavy atom. The molecule has 0 spiro atoms. The van der Waals surface area contributed by atoms with Crippen LogP contribution in [0.5, 0.6) is 0 Å². The van der Waals surface area contributed by atoms with Crippen LogP contribution in [0.3, 0.4) is 0 Å². The van der Waals surface area contributed by atoms with Crippen LogP contribution in [0.2, 0.25) is 0 Å². The molecule has 4 rings (SSSR count). The summed E-state index contributed by atoms with van der Waals surface area (Å²) >= 11 is 0. The van der Waals surface area contributed by atoms with Gasteiger partial charge in [0.25, 0.3) is 5.56 Å². The first-order chi connectivity index (χ1) is 12.6. The van der Waals surface area contributed by atoms with E-state index < -0.39 is 0 Å². The van der Waals surface area contributed by atoms with Gasteiger partial charge in [0.15, 0.2) is 0 Å². The Labute approximate surface area is 151 Å². The van der Waals surface area contributed by atoms with Gasteiger partial charge in [-0.15, -0.1) is 0 Å². The van der Waals surface area contributed by atoms with Crippen LogP contribution in [0.25, 0.3) is 10.8 Å². The van der Waals surface area contributed by atoms with Crippen molar-refractivity contribution in [1.29, 1.82) is 0 Å². The van der Waals surface area contributed by atoms with E-state index in [4.69, 9.17) is 0 Å². The van der Waals surface area contributed by atoms with Crippen molar-refractivity contribution in [3.05, 3.63) is 75.7 Å². The molecule has 0 radical (unpaired) electrons. The standard InChI is InChI=1S/C21H21N3O2/c1-13-6-8-14(9-7-13)20(15-10-11-15)22-19(25)12-18-16-4-2-3-5-17(16)21(26)24-23-18/h2-9,15,20H,10-12H2,1H3,(H,22,25)(H,24,26)/t20-/m1/s1. The van der Waals surface area contributed by atoms with Gasteiger partial charge in [0.05, 0.1) is 23.5 Å². The normalized spacial score (nSPS) is 15.0. The summed E-state index contributed by atoms with van der Waals surface area (Å²) in [6, 6.07) is 15.6. The van der Waals surface area contributed by atoms with Crippen molar-refractivity contribution in [3.63, 3.8) is 0 Å². The van der Waals surface area contributed by atoms with Crippen LogP contribution in [0.1, 0.15) is 35.7 Å². The van der Waals surface area contributed by atoms with Crippen LogP contribution in [-0.2, 0) is 11.2 Å². The molecule has 0 unspecified atom stereocenters. The summed E-state index contributed by atoms with van der Waals surface area (Å²) in [6.07, 6.45) is 2.42. The summed E-state index contributed by atoms with van der Waals surface area (Å²) in [5.41, 5.74) is 2.71. The SMILES string of the molecule is Cc1ccc([C@@H](NC(=O)Cc2n[nH]c(=O)c3ccccc23)C2CC2)cc1. The number of rotatable bonds is 5. The molecule has 132 valence electrons. The highest BCUT2D eigenvalue weighted by Crippen LogP contribution is 2.41. The fourth-order valence-corrected chi connectivity index (χ4v) is 3.36. The smallest absolute Gasteiger partial charge is 0.272 e. The highest BCUT2D eigenvalue weighted by molar-refractivity contribution is 5.88. The van der Waals surface area contributed by atoms with Crippen LogP contribution < -0.4 is 10.9 Å². The zero-order valence-electron chi connectivity index (χ0n) is 14.7. The quantitative estimate of drug-likeness (QED) is 0.745. The minimum Gasteiger partial charge on any atom is -0.349 e. The molecule has 26 heavy (non-hydrogen) atoms. The van der Waals surface area contributed by atoms with Gasteiger partial charge in [-0.05, 0) is 37.3 Å². The molecule has 2 aromatic carbocycles. The first-order valence-electron chi connectivity index (χ1n) is 8.94. The topological polar surface area (TPSA) is 74.8 Å². The molecule has 0 bridgehead atoms. The van der Waals surface area contributed by atoms with Crippen molar-refractivity contribution in [3.8, 4) is 0 Å². The number of nitrogens with zero attached hydrogens (tertiary/aromatic N) is 1. The van der Waals surface area contributed by atoms with E-state index in [1.54, 1.807) is 6.07 Å². The van der Waals surface area contributed by atoms with E-state index in [1.165, 1.54) is 5.56 Å². The predicted octanol–water partition coefficient (Wildman–Crippen LogP) is 3.04. The number of H-pyrrole nitrogens is 1. The summed E-state index contributed by atoms with van der Waals surface area (Å²) in [4.78, 5) is 24.6. The third-order valence-corrected chi connectivity index (χ3v) is 4.95. The number of carbonyl (C=O) groups is 1. The fourth-order valence-electron chi connectivity index (χ4n) is 3.36. The van der Waals surface area contributed by atoms with E-state index in [1.807, 2.05) is 18.2 Å². The van der Waals surface area contributed by atoms with Crippen molar-refractivity contribution in [2.75, 3.05) is 0 Å². The van der Waals surface area contributed by atoms with Crippen molar-refractivity contribution in [2.24, 2.45) is 5.92 Å². The molecule has 0 saturated heterocycles. The molecule has 3 aromatic rings. The van der Waals surface area contributed by atoms with Crippen LogP contribution in [0.15, 0.2) is 53.3 Å². The molecular formula is C21H21N3O2. The lowest BCUT2D eigenvalue weighted by molar-refractivity contribution is -0.121. The van der Waals surface area contributed by atoms with Crippen molar-refractivity contribution in [2.45, 2.75) is 32.2 Å². The molecule has 1 aromatic heterocycles. The third-order valence-electron chi connectivity index (χ3n) is 4.95. The van der Waals surface area contributed by atoms with Gasteiger partial charge in [0.2, 0.25) is 5.91 Å². The van der Waals surface area contributed by atoms with Crippen molar-refractivity contribution >= 4 is 16.7 Å². The summed E-state index contributed by atoms with van der Waals surface area (Å²) in [5.74, 6) is 0.425. The molecule has 1 aliphatic carbocycles. The van der Waals surface area contributed by atoms with Crippen LogP contribution >= 0.6 is 0 Å². The molecule has 1 heterocycles. The number of nitrogens with one attached hydrogen (secondary N) is 2.